The molecule has 54 valence electrons. The summed E-state index contributed by atoms with van der Waals surface area (Å²) in [5.74, 6) is 0. The summed E-state index contributed by atoms with van der Waals surface area (Å²) < 4.78 is 0. The van der Waals surface area contributed by atoms with E-state index in [1.807, 2.05) is 0 Å². The zero-order valence-corrected chi connectivity index (χ0v) is 5.46. The summed E-state index contributed by atoms with van der Waals surface area (Å²) in [5, 5.41) is 9.14. The van der Waals surface area contributed by atoms with Crippen LogP contribution in [0.5, 0.6) is 0 Å². The van der Waals surface area contributed by atoms with Crippen LogP contribution in [-0.2, 0) is 0 Å². The van der Waals surface area contributed by atoms with Crippen molar-refractivity contribution in [3.63, 3.8) is 0 Å². The Morgan fingerprint density at radius 2 is 1.89 bits per heavy atom. The molecule has 3 nitrogen and oxygen atoms in total. The van der Waals surface area contributed by atoms with Crippen molar-refractivity contribution in [2.24, 2.45) is 11.5 Å². The van der Waals surface area contributed by atoms with E-state index in [1.165, 1.54) is 0 Å². The minimum atomic E-state index is -0.367. The molecule has 3 atom stereocenters. The molecule has 5 N–H and O–H groups in total. The maximum atomic E-state index is 9.14. The van der Waals surface area contributed by atoms with E-state index >= 15 is 0 Å². The van der Waals surface area contributed by atoms with Gasteiger partial charge < -0.3 is 16.6 Å². The summed E-state index contributed by atoms with van der Waals surface area (Å²) in [6.07, 6.45) is 2.41. The first-order valence-corrected chi connectivity index (χ1v) is 3.41. The van der Waals surface area contributed by atoms with Crippen molar-refractivity contribution in [3.8, 4) is 0 Å². The topological polar surface area (TPSA) is 72.3 Å². The number of hydrogen-bond donors (Lipinski definition) is 3. The maximum Gasteiger partial charge on any atom is 0.0706 e. The molecule has 0 saturated heterocycles. The second-order valence-electron chi connectivity index (χ2n) is 2.74. The highest BCUT2D eigenvalue weighted by Gasteiger charge is 2.25. The first-order valence-electron chi connectivity index (χ1n) is 3.41. The Morgan fingerprint density at radius 1 is 1.22 bits per heavy atom. The molecule has 0 heterocycles. The Hall–Kier alpha value is -0.120. The van der Waals surface area contributed by atoms with E-state index in [0.29, 0.717) is 0 Å². The predicted octanol–water partition coefficient (Wildman–Crippen LogP) is -0.814. The molecule has 0 aliphatic heterocycles. The van der Waals surface area contributed by atoms with Crippen molar-refractivity contribution in [3.05, 3.63) is 0 Å². The molecule has 0 amide bonds. The fraction of sp³-hybridized carbons (Fsp3) is 1.00. The largest absolute Gasteiger partial charge is 0.391 e. The number of hydrogen-bond acceptors (Lipinski definition) is 3. The minimum absolute atomic E-state index is 0.00810. The molecule has 0 aromatic rings. The number of aliphatic hydroxyl groups excluding tert-OH is 1. The summed E-state index contributed by atoms with van der Waals surface area (Å²) in [6.45, 7) is 0. The summed E-state index contributed by atoms with van der Waals surface area (Å²) in [5.41, 5.74) is 11.1. The molecule has 0 radical (unpaired) electrons. The highest BCUT2D eigenvalue weighted by Crippen LogP contribution is 2.15. The van der Waals surface area contributed by atoms with Gasteiger partial charge >= 0.3 is 0 Å². The van der Waals surface area contributed by atoms with E-state index in [2.05, 4.69) is 0 Å². The molecule has 1 rings (SSSR count). The fourth-order valence-corrected chi connectivity index (χ4v) is 1.23. The third kappa shape index (κ3) is 1.41. The van der Waals surface area contributed by atoms with Crippen molar-refractivity contribution in [1.82, 2.24) is 0 Å². The Morgan fingerprint density at radius 3 is 2.33 bits per heavy atom. The number of rotatable bonds is 0. The monoisotopic (exact) mass is 130 g/mol. The third-order valence-corrected chi connectivity index (χ3v) is 1.98. The molecule has 3 heteroatoms. The van der Waals surface area contributed by atoms with Crippen LogP contribution in [0, 0.1) is 0 Å². The van der Waals surface area contributed by atoms with Gasteiger partial charge in [0.1, 0.15) is 0 Å². The quantitative estimate of drug-likeness (QED) is 0.401. The molecule has 0 spiro atoms. The SMILES string of the molecule is N[C@@H]1[C@H](N)CCC[C@@H]1O. The molecule has 0 unspecified atom stereocenters. The van der Waals surface area contributed by atoms with Crippen LogP contribution in [0.3, 0.4) is 0 Å². The van der Waals surface area contributed by atoms with Gasteiger partial charge in [-0.05, 0) is 19.3 Å². The van der Waals surface area contributed by atoms with Gasteiger partial charge in [0.05, 0.1) is 6.10 Å². The zero-order chi connectivity index (χ0) is 6.85. The molecule has 1 aliphatic carbocycles. The fourth-order valence-electron chi connectivity index (χ4n) is 1.23. The van der Waals surface area contributed by atoms with Crippen LogP contribution in [0.25, 0.3) is 0 Å². The lowest BCUT2D eigenvalue weighted by atomic mass is 9.89. The molecule has 0 aromatic carbocycles. The lowest BCUT2D eigenvalue weighted by Crippen LogP contribution is -2.51. The normalized spacial score (nSPS) is 45.0. The first kappa shape index (κ1) is 6.99. The van der Waals surface area contributed by atoms with Crippen molar-refractivity contribution in [2.75, 3.05) is 0 Å². The number of aliphatic hydroxyl groups is 1. The Bertz CT molecular complexity index is 87.1. The second kappa shape index (κ2) is 2.64. The molecule has 1 fully saturated rings. The van der Waals surface area contributed by atoms with Crippen LogP contribution in [0.4, 0.5) is 0 Å². The van der Waals surface area contributed by atoms with Crippen LogP contribution in [-0.4, -0.2) is 23.3 Å². The van der Waals surface area contributed by atoms with Crippen LogP contribution in [0.2, 0.25) is 0 Å². The average molecular weight is 130 g/mol. The molecule has 0 bridgehead atoms. The summed E-state index contributed by atoms with van der Waals surface area (Å²) in [4.78, 5) is 0. The standard InChI is InChI=1S/C6H14N2O/c7-4-2-1-3-5(9)6(4)8/h4-6,9H,1-3,7-8H2/t4-,5+,6-/m1/s1. The zero-order valence-electron chi connectivity index (χ0n) is 5.46. The van der Waals surface area contributed by atoms with Gasteiger partial charge in [-0.1, -0.05) is 0 Å². The molecular weight excluding hydrogens is 116 g/mol. The lowest BCUT2D eigenvalue weighted by Gasteiger charge is -2.29. The highest BCUT2D eigenvalue weighted by atomic mass is 16.3. The van der Waals surface area contributed by atoms with E-state index in [4.69, 9.17) is 16.6 Å². The minimum Gasteiger partial charge on any atom is -0.391 e. The van der Waals surface area contributed by atoms with Gasteiger partial charge in [0, 0.05) is 12.1 Å². The Balaban J connectivity index is 2.41. The van der Waals surface area contributed by atoms with Crippen LogP contribution in [0.15, 0.2) is 0 Å². The highest BCUT2D eigenvalue weighted by molar-refractivity contribution is 4.86. The van der Waals surface area contributed by atoms with E-state index in [9.17, 15) is 0 Å². The third-order valence-electron chi connectivity index (χ3n) is 1.98. The van der Waals surface area contributed by atoms with Crippen molar-refractivity contribution >= 4 is 0 Å². The van der Waals surface area contributed by atoms with Crippen molar-refractivity contribution in [1.29, 1.82) is 0 Å². The summed E-state index contributed by atoms with van der Waals surface area (Å²) >= 11 is 0. The smallest absolute Gasteiger partial charge is 0.0706 e. The lowest BCUT2D eigenvalue weighted by molar-refractivity contribution is 0.0976. The molecule has 0 aromatic heterocycles. The summed E-state index contributed by atoms with van der Waals surface area (Å²) in [6, 6.07) is -0.188. The van der Waals surface area contributed by atoms with Gasteiger partial charge in [0.2, 0.25) is 0 Å². The van der Waals surface area contributed by atoms with Gasteiger partial charge in [-0.15, -0.1) is 0 Å². The summed E-state index contributed by atoms with van der Waals surface area (Å²) in [7, 11) is 0. The predicted molar refractivity (Wildman–Crippen MR) is 35.8 cm³/mol. The van der Waals surface area contributed by atoms with Crippen molar-refractivity contribution < 1.29 is 5.11 Å². The first-order chi connectivity index (χ1) is 4.22. The van der Waals surface area contributed by atoms with Gasteiger partial charge in [-0.2, -0.15) is 0 Å². The van der Waals surface area contributed by atoms with E-state index in [0.717, 1.165) is 19.3 Å². The Labute approximate surface area is 55.0 Å². The Kier molecular flexibility index (Phi) is 2.05. The van der Waals surface area contributed by atoms with Gasteiger partial charge in [0.25, 0.3) is 0 Å². The molecular formula is C6H14N2O. The van der Waals surface area contributed by atoms with Crippen LogP contribution < -0.4 is 11.5 Å². The van der Waals surface area contributed by atoms with E-state index in [-0.39, 0.29) is 18.2 Å². The van der Waals surface area contributed by atoms with Gasteiger partial charge in [0.15, 0.2) is 0 Å². The van der Waals surface area contributed by atoms with Crippen LogP contribution >= 0.6 is 0 Å². The molecule has 9 heavy (non-hydrogen) atoms. The van der Waals surface area contributed by atoms with Gasteiger partial charge in [-0.25, -0.2) is 0 Å². The average Bonchev–Trinajstić information content (AvgIpc) is 1.83. The van der Waals surface area contributed by atoms with Crippen LogP contribution in [0.1, 0.15) is 19.3 Å². The maximum absolute atomic E-state index is 9.14. The molecule has 1 aliphatic rings. The second-order valence-corrected chi connectivity index (χ2v) is 2.74. The van der Waals surface area contributed by atoms with Crippen molar-refractivity contribution in [2.45, 2.75) is 37.5 Å². The number of nitrogens with two attached hydrogens (primary N) is 2. The van der Waals surface area contributed by atoms with Gasteiger partial charge in [-0.3, -0.25) is 0 Å². The van der Waals surface area contributed by atoms with E-state index in [1.54, 1.807) is 0 Å². The van der Waals surface area contributed by atoms with E-state index < -0.39 is 0 Å². The molecule has 1 saturated carbocycles.